The molecule has 0 aromatic heterocycles. The van der Waals surface area contributed by atoms with Crippen LogP contribution in [0.2, 0.25) is 0 Å². The second-order valence-electron chi connectivity index (χ2n) is 7.13. The molecule has 1 saturated heterocycles. The molecule has 1 aliphatic heterocycles. The van der Waals surface area contributed by atoms with Gasteiger partial charge in [0.15, 0.2) is 0 Å². The van der Waals surface area contributed by atoms with Gasteiger partial charge in [-0.2, -0.15) is 0 Å². The summed E-state index contributed by atoms with van der Waals surface area (Å²) in [5.74, 6) is 0.478. The largest absolute Gasteiger partial charge is 0.507 e. The molecule has 2 rings (SSSR count). The van der Waals surface area contributed by atoms with Gasteiger partial charge >= 0.3 is 0 Å². The van der Waals surface area contributed by atoms with Crippen LogP contribution in [0.25, 0.3) is 0 Å². The lowest BCUT2D eigenvalue weighted by Gasteiger charge is -2.38. The van der Waals surface area contributed by atoms with Crippen LogP contribution in [0.1, 0.15) is 38.8 Å². The molecular weight excluding hydrogens is 248 g/mol. The highest BCUT2D eigenvalue weighted by Crippen LogP contribution is 2.33. The summed E-state index contributed by atoms with van der Waals surface area (Å²) >= 11 is 0. The van der Waals surface area contributed by atoms with Gasteiger partial charge in [-0.25, -0.2) is 0 Å². The molecule has 1 aromatic rings. The molecule has 3 heteroatoms. The lowest BCUT2D eigenvalue weighted by atomic mass is 9.85. The molecule has 3 nitrogen and oxygen atoms in total. The highest BCUT2D eigenvalue weighted by atomic mass is 16.3. The summed E-state index contributed by atoms with van der Waals surface area (Å²) in [7, 11) is 2.18. The van der Waals surface area contributed by atoms with Gasteiger partial charge in [-0.05, 0) is 24.9 Å². The Bertz CT molecular complexity index is 465. The first kappa shape index (κ1) is 15.3. The van der Waals surface area contributed by atoms with Crippen LogP contribution in [0.5, 0.6) is 5.75 Å². The lowest BCUT2D eigenvalue weighted by molar-refractivity contribution is 0.0993. The number of hydrogen-bond acceptors (Lipinski definition) is 3. The smallest absolute Gasteiger partial charge is 0.123 e. The zero-order valence-electron chi connectivity index (χ0n) is 13.5. The second-order valence-corrected chi connectivity index (χ2v) is 7.13. The summed E-state index contributed by atoms with van der Waals surface area (Å²) < 4.78 is 0. The first-order chi connectivity index (χ1) is 9.29. The van der Waals surface area contributed by atoms with E-state index in [1.165, 1.54) is 0 Å². The van der Waals surface area contributed by atoms with Crippen molar-refractivity contribution < 1.29 is 5.11 Å². The number of rotatable bonds is 2. The highest BCUT2D eigenvalue weighted by Gasteiger charge is 2.23. The summed E-state index contributed by atoms with van der Waals surface area (Å²) in [6.45, 7) is 12.8. The van der Waals surface area contributed by atoms with Crippen molar-refractivity contribution in [1.82, 2.24) is 9.80 Å². The Kier molecular flexibility index (Phi) is 4.40. The molecule has 0 bridgehead atoms. The minimum atomic E-state index is -0.0184. The summed E-state index contributed by atoms with van der Waals surface area (Å²) in [5, 5.41) is 10.5. The van der Waals surface area contributed by atoms with E-state index in [0.717, 1.165) is 37.3 Å². The Labute approximate surface area is 123 Å². The van der Waals surface area contributed by atoms with E-state index >= 15 is 0 Å². The zero-order chi connectivity index (χ0) is 14.9. The Morgan fingerprint density at radius 1 is 1.25 bits per heavy atom. The number of piperazine rings is 1. The van der Waals surface area contributed by atoms with Crippen molar-refractivity contribution in [3.8, 4) is 5.75 Å². The van der Waals surface area contributed by atoms with Gasteiger partial charge in [-0.15, -0.1) is 0 Å². The number of aromatic hydroxyl groups is 1. The number of phenols is 1. The maximum Gasteiger partial charge on any atom is 0.123 e. The van der Waals surface area contributed by atoms with Crippen LogP contribution in [-0.2, 0) is 12.0 Å². The van der Waals surface area contributed by atoms with E-state index in [0.29, 0.717) is 11.8 Å². The molecule has 0 aliphatic carbocycles. The normalized spacial score (nSPS) is 22.1. The van der Waals surface area contributed by atoms with Crippen LogP contribution in [-0.4, -0.2) is 47.6 Å². The Morgan fingerprint density at radius 2 is 1.95 bits per heavy atom. The molecule has 1 fully saturated rings. The van der Waals surface area contributed by atoms with Crippen LogP contribution < -0.4 is 0 Å². The van der Waals surface area contributed by atoms with Gasteiger partial charge < -0.3 is 10.0 Å². The third-order valence-corrected chi connectivity index (χ3v) is 4.37. The summed E-state index contributed by atoms with van der Waals surface area (Å²) in [6.07, 6.45) is 0. The fourth-order valence-corrected chi connectivity index (χ4v) is 2.83. The third kappa shape index (κ3) is 3.33. The molecular formula is C17H28N2O. The maximum atomic E-state index is 10.5. The number of hydrogen-bond donors (Lipinski definition) is 1. The molecule has 1 aliphatic rings. The van der Waals surface area contributed by atoms with Gasteiger partial charge in [0.1, 0.15) is 5.75 Å². The summed E-state index contributed by atoms with van der Waals surface area (Å²) in [5.41, 5.74) is 2.07. The van der Waals surface area contributed by atoms with Crippen LogP contribution >= 0.6 is 0 Å². The number of likely N-dealkylation sites (N-methyl/N-ethyl adjacent to an activating group) is 1. The summed E-state index contributed by atoms with van der Waals surface area (Å²) in [6, 6.07) is 6.73. The zero-order valence-corrected chi connectivity index (χ0v) is 13.5. The average Bonchev–Trinajstić information content (AvgIpc) is 2.35. The molecule has 0 spiro atoms. The standard InChI is InChI=1S/C17H28N2O/c1-13-11-19(10-9-18(13)5)12-14-7-6-8-15(16(14)20)17(2,3)4/h6-8,13,20H,9-12H2,1-5H3/t13-/m0/s1. The van der Waals surface area contributed by atoms with E-state index in [1.54, 1.807) is 0 Å². The third-order valence-electron chi connectivity index (χ3n) is 4.37. The Balaban J connectivity index is 2.14. The molecule has 1 aromatic carbocycles. The summed E-state index contributed by atoms with van der Waals surface area (Å²) in [4.78, 5) is 4.83. The van der Waals surface area contributed by atoms with Gasteiger partial charge in [-0.3, -0.25) is 4.90 Å². The van der Waals surface area contributed by atoms with Crippen LogP contribution in [0.4, 0.5) is 0 Å². The second kappa shape index (κ2) is 5.74. The number of para-hydroxylation sites is 1. The predicted octanol–water partition coefficient (Wildman–Crippen LogP) is 2.83. The van der Waals surface area contributed by atoms with E-state index in [9.17, 15) is 5.11 Å². The quantitative estimate of drug-likeness (QED) is 0.900. The van der Waals surface area contributed by atoms with Crippen molar-refractivity contribution in [2.24, 2.45) is 0 Å². The fourth-order valence-electron chi connectivity index (χ4n) is 2.83. The maximum absolute atomic E-state index is 10.5. The highest BCUT2D eigenvalue weighted by molar-refractivity contribution is 5.44. The Morgan fingerprint density at radius 3 is 2.55 bits per heavy atom. The minimum Gasteiger partial charge on any atom is -0.507 e. The van der Waals surface area contributed by atoms with Gasteiger partial charge in [0.05, 0.1) is 0 Å². The fraction of sp³-hybridized carbons (Fsp3) is 0.647. The van der Waals surface area contributed by atoms with Gasteiger partial charge in [0.2, 0.25) is 0 Å². The van der Waals surface area contributed by atoms with Gasteiger partial charge in [0.25, 0.3) is 0 Å². The van der Waals surface area contributed by atoms with E-state index < -0.39 is 0 Å². The monoisotopic (exact) mass is 276 g/mol. The molecule has 0 radical (unpaired) electrons. The average molecular weight is 276 g/mol. The molecule has 1 N–H and O–H groups in total. The first-order valence-corrected chi connectivity index (χ1v) is 7.53. The number of nitrogens with zero attached hydrogens (tertiary/aromatic N) is 2. The van der Waals surface area contributed by atoms with E-state index in [2.05, 4.69) is 50.6 Å². The van der Waals surface area contributed by atoms with Crippen LogP contribution in [0.3, 0.4) is 0 Å². The molecule has 20 heavy (non-hydrogen) atoms. The SMILES string of the molecule is C[C@H]1CN(Cc2cccc(C(C)(C)C)c2O)CCN1C. The van der Waals surface area contributed by atoms with Crippen LogP contribution in [0.15, 0.2) is 18.2 Å². The molecule has 1 heterocycles. The van der Waals surface area contributed by atoms with E-state index in [-0.39, 0.29) is 5.41 Å². The number of benzene rings is 1. The molecule has 0 saturated carbocycles. The van der Waals surface area contributed by atoms with E-state index in [1.807, 2.05) is 12.1 Å². The van der Waals surface area contributed by atoms with Crippen molar-refractivity contribution >= 4 is 0 Å². The molecule has 1 atom stereocenters. The van der Waals surface area contributed by atoms with Gasteiger partial charge in [-0.1, -0.05) is 39.0 Å². The topological polar surface area (TPSA) is 26.7 Å². The van der Waals surface area contributed by atoms with E-state index in [4.69, 9.17) is 0 Å². The Hall–Kier alpha value is -1.06. The van der Waals surface area contributed by atoms with Crippen molar-refractivity contribution in [2.45, 2.75) is 45.7 Å². The lowest BCUT2D eigenvalue weighted by Crippen LogP contribution is -2.49. The van der Waals surface area contributed by atoms with Crippen LogP contribution in [0, 0.1) is 0 Å². The van der Waals surface area contributed by atoms with Crippen molar-refractivity contribution in [3.63, 3.8) is 0 Å². The van der Waals surface area contributed by atoms with Crippen molar-refractivity contribution in [3.05, 3.63) is 29.3 Å². The molecule has 112 valence electrons. The van der Waals surface area contributed by atoms with Crippen molar-refractivity contribution in [1.29, 1.82) is 0 Å². The number of phenolic OH excluding ortho intramolecular Hbond substituents is 1. The minimum absolute atomic E-state index is 0.0184. The molecule has 0 unspecified atom stereocenters. The molecule has 0 amide bonds. The predicted molar refractivity (Wildman–Crippen MR) is 84.2 cm³/mol. The van der Waals surface area contributed by atoms with Gasteiger partial charge in [0, 0.05) is 37.8 Å². The first-order valence-electron chi connectivity index (χ1n) is 7.53. The van der Waals surface area contributed by atoms with Crippen molar-refractivity contribution in [2.75, 3.05) is 26.7 Å².